The lowest BCUT2D eigenvalue weighted by atomic mass is 10.1. The van der Waals surface area contributed by atoms with E-state index in [-0.39, 0.29) is 5.91 Å². The van der Waals surface area contributed by atoms with Crippen LogP contribution in [-0.4, -0.2) is 42.9 Å². The normalized spacial score (nSPS) is 18.9. The van der Waals surface area contributed by atoms with E-state index in [1.54, 1.807) is 24.3 Å². The highest BCUT2D eigenvalue weighted by atomic mass is 16.2. The number of nitrogens with zero attached hydrogens (tertiary/aromatic N) is 1. The molecule has 0 bridgehead atoms. The standard InChI is InChI=1S/C14H20N4O2/c15-7-10-5-6-18(8-10)9-13(19)17-12-3-1-11(2-4-12)14(16)20/h1-4,10H,5-9,15H2,(H2,16,20)(H,17,19). The molecule has 108 valence electrons. The van der Waals surface area contributed by atoms with Gasteiger partial charge in [0.15, 0.2) is 0 Å². The van der Waals surface area contributed by atoms with Crippen LogP contribution in [0.3, 0.4) is 0 Å². The third kappa shape index (κ3) is 3.79. The first kappa shape index (κ1) is 14.5. The minimum Gasteiger partial charge on any atom is -0.366 e. The minimum atomic E-state index is -0.479. The van der Waals surface area contributed by atoms with Crippen LogP contribution in [0.25, 0.3) is 0 Å². The first-order valence-corrected chi connectivity index (χ1v) is 6.70. The van der Waals surface area contributed by atoms with Crippen LogP contribution >= 0.6 is 0 Å². The maximum absolute atomic E-state index is 11.9. The molecule has 0 aliphatic carbocycles. The van der Waals surface area contributed by atoms with Crippen molar-refractivity contribution in [3.8, 4) is 0 Å². The number of rotatable bonds is 5. The molecule has 1 unspecified atom stereocenters. The fourth-order valence-corrected chi connectivity index (χ4v) is 2.37. The van der Waals surface area contributed by atoms with Gasteiger partial charge in [0.25, 0.3) is 0 Å². The van der Waals surface area contributed by atoms with Crippen LogP contribution in [0.1, 0.15) is 16.8 Å². The van der Waals surface area contributed by atoms with Crippen LogP contribution in [0.15, 0.2) is 24.3 Å². The molecule has 1 saturated heterocycles. The van der Waals surface area contributed by atoms with E-state index >= 15 is 0 Å². The Balaban J connectivity index is 1.84. The molecule has 2 rings (SSSR count). The molecular formula is C14H20N4O2. The predicted molar refractivity (Wildman–Crippen MR) is 77.2 cm³/mol. The summed E-state index contributed by atoms with van der Waals surface area (Å²) in [6, 6.07) is 6.53. The quantitative estimate of drug-likeness (QED) is 0.704. The molecule has 0 spiro atoms. The first-order valence-electron chi connectivity index (χ1n) is 6.70. The monoisotopic (exact) mass is 276 g/mol. The van der Waals surface area contributed by atoms with Crippen LogP contribution < -0.4 is 16.8 Å². The van der Waals surface area contributed by atoms with Crippen molar-refractivity contribution in [2.45, 2.75) is 6.42 Å². The minimum absolute atomic E-state index is 0.0607. The maximum atomic E-state index is 11.9. The number of benzene rings is 1. The molecule has 1 aliphatic rings. The van der Waals surface area contributed by atoms with Gasteiger partial charge in [-0.3, -0.25) is 14.5 Å². The second-order valence-electron chi connectivity index (χ2n) is 5.12. The van der Waals surface area contributed by atoms with E-state index in [0.29, 0.717) is 30.3 Å². The molecule has 2 amide bonds. The van der Waals surface area contributed by atoms with E-state index in [9.17, 15) is 9.59 Å². The van der Waals surface area contributed by atoms with Gasteiger partial charge < -0.3 is 16.8 Å². The average molecular weight is 276 g/mol. The van der Waals surface area contributed by atoms with E-state index in [4.69, 9.17) is 11.5 Å². The number of carbonyl (C=O) groups excluding carboxylic acids is 2. The molecule has 1 atom stereocenters. The highest BCUT2D eigenvalue weighted by Gasteiger charge is 2.22. The Morgan fingerprint density at radius 3 is 2.55 bits per heavy atom. The van der Waals surface area contributed by atoms with Gasteiger partial charge in [-0.15, -0.1) is 0 Å². The lowest BCUT2D eigenvalue weighted by Crippen LogP contribution is -2.32. The molecule has 1 aromatic rings. The number of amides is 2. The summed E-state index contributed by atoms with van der Waals surface area (Å²) in [6.07, 6.45) is 1.05. The Morgan fingerprint density at radius 2 is 2.00 bits per heavy atom. The maximum Gasteiger partial charge on any atom is 0.248 e. The van der Waals surface area contributed by atoms with Crippen molar-refractivity contribution in [1.82, 2.24) is 4.90 Å². The molecule has 1 fully saturated rings. The Morgan fingerprint density at radius 1 is 1.30 bits per heavy atom. The molecule has 6 heteroatoms. The number of carbonyl (C=O) groups is 2. The Bertz CT molecular complexity index is 486. The Labute approximate surface area is 118 Å². The SMILES string of the molecule is NCC1CCN(CC(=O)Nc2ccc(C(N)=O)cc2)C1. The fourth-order valence-electron chi connectivity index (χ4n) is 2.37. The molecule has 0 saturated carbocycles. The van der Waals surface area contributed by atoms with Crippen LogP contribution in [0.4, 0.5) is 5.69 Å². The van der Waals surface area contributed by atoms with Crippen molar-refractivity contribution in [2.75, 3.05) is 31.5 Å². The zero-order chi connectivity index (χ0) is 14.5. The van der Waals surface area contributed by atoms with Crippen LogP contribution in [0.5, 0.6) is 0 Å². The van der Waals surface area contributed by atoms with Gasteiger partial charge in [0.2, 0.25) is 11.8 Å². The van der Waals surface area contributed by atoms with Crippen molar-refractivity contribution < 1.29 is 9.59 Å². The lowest BCUT2D eigenvalue weighted by Gasteiger charge is -2.15. The summed E-state index contributed by atoms with van der Waals surface area (Å²) >= 11 is 0. The Kier molecular flexibility index (Phi) is 4.70. The van der Waals surface area contributed by atoms with Crippen molar-refractivity contribution in [2.24, 2.45) is 17.4 Å². The second-order valence-corrected chi connectivity index (χ2v) is 5.12. The molecule has 6 nitrogen and oxygen atoms in total. The van der Waals surface area contributed by atoms with Gasteiger partial charge in [0.05, 0.1) is 6.54 Å². The first-order chi connectivity index (χ1) is 9.58. The molecule has 0 radical (unpaired) electrons. The van der Waals surface area contributed by atoms with Gasteiger partial charge in [0, 0.05) is 17.8 Å². The molecule has 1 aromatic carbocycles. The molecular weight excluding hydrogens is 256 g/mol. The number of primary amides is 1. The molecule has 0 aromatic heterocycles. The molecule has 5 N–H and O–H groups in total. The zero-order valence-electron chi connectivity index (χ0n) is 11.3. The van der Waals surface area contributed by atoms with Gasteiger partial charge in [-0.1, -0.05) is 0 Å². The highest BCUT2D eigenvalue weighted by molar-refractivity contribution is 5.95. The topological polar surface area (TPSA) is 101 Å². The number of hydrogen-bond donors (Lipinski definition) is 3. The lowest BCUT2D eigenvalue weighted by molar-refractivity contribution is -0.117. The van der Waals surface area contributed by atoms with Crippen molar-refractivity contribution in [1.29, 1.82) is 0 Å². The number of likely N-dealkylation sites (tertiary alicyclic amines) is 1. The number of nitrogens with two attached hydrogens (primary N) is 2. The van der Waals surface area contributed by atoms with Crippen molar-refractivity contribution in [3.63, 3.8) is 0 Å². The van der Waals surface area contributed by atoms with Crippen LogP contribution in [-0.2, 0) is 4.79 Å². The number of nitrogens with one attached hydrogen (secondary N) is 1. The van der Waals surface area contributed by atoms with Crippen LogP contribution in [0, 0.1) is 5.92 Å². The third-order valence-corrected chi connectivity index (χ3v) is 3.52. The fraction of sp³-hybridized carbons (Fsp3) is 0.429. The summed E-state index contributed by atoms with van der Waals surface area (Å²) in [4.78, 5) is 25.0. The van der Waals surface area contributed by atoms with Gasteiger partial charge in [-0.2, -0.15) is 0 Å². The van der Waals surface area contributed by atoms with Gasteiger partial charge in [0.1, 0.15) is 0 Å². The smallest absolute Gasteiger partial charge is 0.248 e. The van der Waals surface area contributed by atoms with Crippen LogP contribution in [0.2, 0.25) is 0 Å². The molecule has 20 heavy (non-hydrogen) atoms. The third-order valence-electron chi connectivity index (χ3n) is 3.52. The van der Waals surface area contributed by atoms with Gasteiger partial charge >= 0.3 is 0 Å². The number of anilines is 1. The molecule has 1 heterocycles. The summed E-state index contributed by atoms with van der Waals surface area (Å²) in [5, 5.41) is 2.80. The van der Waals surface area contributed by atoms with Crippen molar-refractivity contribution >= 4 is 17.5 Å². The summed E-state index contributed by atoms with van der Waals surface area (Å²) in [5.74, 6) is -0.0417. The predicted octanol–water partition coefficient (Wildman–Crippen LogP) is 0.00460. The largest absolute Gasteiger partial charge is 0.366 e. The van der Waals surface area contributed by atoms with E-state index < -0.39 is 5.91 Å². The highest BCUT2D eigenvalue weighted by Crippen LogP contribution is 2.15. The second kappa shape index (κ2) is 6.49. The zero-order valence-corrected chi connectivity index (χ0v) is 11.3. The summed E-state index contributed by atoms with van der Waals surface area (Å²) < 4.78 is 0. The van der Waals surface area contributed by atoms with E-state index in [1.807, 2.05) is 0 Å². The van der Waals surface area contributed by atoms with E-state index in [0.717, 1.165) is 19.5 Å². The average Bonchev–Trinajstić information content (AvgIpc) is 2.86. The van der Waals surface area contributed by atoms with Gasteiger partial charge in [-0.25, -0.2) is 0 Å². The summed E-state index contributed by atoms with van der Waals surface area (Å²) in [7, 11) is 0. The summed E-state index contributed by atoms with van der Waals surface area (Å²) in [5.41, 5.74) is 11.9. The molecule has 1 aliphatic heterocycles. The van der Waals surface area contributed by atoms with Crippen molar-refractivity contribution in [3.05, 3.63) is 29.8 Å². The van der Waals surface area contributed by atoms with E-state index in [2.05, 4.69) is 10.2 Å². The van der Waals surface area contributed by atoms with E-state index in [1.165, 1.54) is 0 Å². The van der Waals surface area contributed by atoms with Gasteiger partial charge in [-0.05, 0) is 49.7 Å². The number of hydrogen-bond acceptors (Lipinski definition) is 4. The summed E-state index contributed by atoms with van der Waals surface area (Å²) in [6.45, 7) is 2.83. The Hall–Kier alpha value is -1.92.